The van der Waals surface area contributed by atoms with Crippen LogP contribution in [0.25, 0.3) is 0 Å². The van der Waals surface area contributed by atoms with E-state index >= 15 is 0 Å². The number of ether oxygens (including phenoxy) is 3. The third-order valence-electron chi connectivity index (χ3n) is 3.42. The Kier molecular flexibility index (Phi) is 4.69. The van der Waals surface area contributed by atoms with Gasteiger partial charge in [-0.25, -0.2) is 4.79 Å². The monoisotopic (exact) mass is 353 g/mol. The van der Waals surface area contributed by atoms with Crippen molar-refractivity contribution in [2.75, 3.05) is 18.1 Å². The number of alkyl halides is 3. The molecule has 1 unspecified atom stereocenters. The van der Waals surface area contributed by atoms with Gasteiger partial charge in [-0.3, -0.25) is 4.90 Å². The maximum atomic E-state index is 12.2. The molecule has 0 radical (unpaired) electrons. The van der Waals surface area contributed by atoms with E-state index in [0.717, 1.165) is 6.07 Å². The van der Waals surface area contributed by atoms with Gasteiger partial charge in [0.2, 0.25) is 0 Å². The molecule has 0 spiro atoms. The van der Waals surface area contributed by atoms with Crippen molar-refractivity contribution in [3.63, 3.8) is 0 Å². The van der Waals surface area contributed by atoms with Crippen LogP contribution in [0.2, 0.25) is 0 Å². The van der Waals surface area contributed by atoms with E-state index in [4.69, 9.17) is 9.47 Å². The molecule has 1 fully saturated rings. The molecule has 2 aromatic rings. The van der Waals surface area contributed by atoms with E-state index in [1.165, 1.54) is 23.1 Å². The quantitative estimate of drug-likeness (QED) is 0.816. The van der Waals surface area contributed by atoms with E-state index < -0.39 is 18.6 Å². The maximum absolute atomic E-state index is 12.2. The first-order valence-electron chi connectivity index (χ1n) is 7.42. The molecule has 132 valence electrons. The zero-order valence-electron chi connectivity index (χ0n) is 12.9. The normalized spacial score (nSPS) is 17.3. The second-order valence-electron chi connectivity index (χ2n) is 5.29. The highest BCUT2D eigenvalue weighted by atomic mass is 19.4. The molecule has 0 N–H and O–H groups in total. The van der Waals surface area contributed by atoms with E-state index in [1.807, 2.05) is 6.07 Å². The lowest BCUT2D eigenvalue weighted by Crippen LogP contribution is -2.26. The van der Waals surface area contributed by atoms with Crippen molar-refractivity contribution in [1.82, 2.24) is 0 Å². The molecule has 1 aliphatic rings. The predicted octanol–water partition coefficient (Wildman–Crippen LogP) is 3.99. The minimum Gasteiger partial charge on any atom is -0.490 e. The molecule has 1 saturated heterocycles. The number of rotatable bonds is 5. The molecular formula is C17H14F3NO4. The number of benzene rings is 2. The van der Waals surface area contributed by atoms with Gasteiger partial charge in [0.15, 0.2) is 6.10 Å². The SMILES string of the molecule is O=C1OC(COc2cccc(OC(F)(F)F)c2)CN1c1ccccc1. The van der Waals surface area contributed by atoms with Gasteiger partial charge in [-0.05, 0) is 24.3 Å². The summed E-state index contributed by atoms with van der Waals surface area (Å²) in [6, 6.07) is 14.2. The zero-order valence-corrected chi connectivity index (χ0v) is 12.9. The highest BCUT2D eigenvalue weighted by Crippen LogP contribution is 2.27. The van der Waals surface area contributed by atoms with E-state index in [1.54, 1.807) is 24.3 Å². The van der Waals surface area contributed by atoms with Crippen LogP contribution in [0.15, 0.2) is 54.6 Å². The van der Waals surface area contributed by atoms with Crippen molar-refractivity contribution in [3.8, 4) is 11.5 Å². The zero-order chi connectivity index (χ0) is 17.9. The van der Waals surface area contributed by atoms with Gasteiger partial charge >= 0.3 is 12.5 Å². The maximum Gasteiger partial charge on any atom is 0.573 e. The van der Waals surface area contributed by atoms with Crippen LogP contribution in [0, 0.1) is 0 Å². The summed E-state index contributed by atoms with van der Waals surface area (Å²) in [7, 11) is 0. The molecule has 1 aliphatic heterocycles. The van der Waals surface area contributed by atoms with Crippen LogP contribution in [-0.4, -0.2) is 31.7 Å². The van der Waals surface area contributed by atoms with E-state index in [-0.39, 0.29) is 18.1 Å². The Labute approximate surface area is 141 Å². The van der Waals surface area contributed by atoms with Gasteiger partial charge in [0.05, 0.1) is 6.54 Å². The molecule has 0 aliphatic carbocycles. The van der Waals surface area contributed by atoms with Crippen LogP contribution < -0.4 is 14.4 Å². The second-order valence-corrected chi connectivity index (χ2v) is 5.29. The lowest BCUT2D eigenvalue weighted by molar-refractivity contribution is -0.274. The number of nitrogens with zero attached hydrogens (tertiary/aromatic N) is 1. The highest BCUT2D eigenvalue weighted by molar-refractivity contribution is 5.89. The van der Waals surface area contributed by atoms with Crippen molar-refractivity contribution in [2.45, 2.75) is 12.5 Å². The van der Waals surface area contributed by atoms with Crippen molar-refractivity contribution in [3.05, 3.63) is 54.6 Å². The van der Waals surface area contributed by atoms with Gasteiger partial charge in [0.25, 0.3) is 0 Å². The van der Waals surface area contributed by atoms with Crippen molar-refractivity contribution < 1.29 is 32.2 Å². The van der Waals surface area contributed by atoms with Gasteiger partial charge in [-0.15, -0.1) is 13.2 Å². The summed E-state index contributed by atoms with van der Waals surface area (Å²) in [5.74, 6) is -0.185. The van der Waals surface area contributed by atoms with Gasteiger partial charge < -0.3 is 14.2 Å². The summed E-state index contributed by atoms with van der Waals surface area (Å²) < 4.78 is 51.1. The topological polar surface area (TPSA) is 48.0 Å². The smallest absolute Gasteiger partial charge is 0.490 e. The first-order chi connectivity index (χ1) is 11.9. The molecule has 1 atom stereocenters. The first kappa shape index (κ1) is 16.9. The van der Waals surface area contributed by atoms with Crippen molar-refractivity contribution >= 4 is 11.8 Å². The number of anilines is 1. The summed E-state index contributed by atoms with van der Waals surface area (Å²) in [6.07, 6.45) is -5.79. The van der Waals surface area contributed by atoms with Crippen LogP contribution >= 0.6 is 0 Å². The Morgan fingerprint density at radius 1 is 1.08 bits per heavy atom. The van der Waals surface area contributed by atoms with Gasteiger partial charge in [-0.2, -0.15) is 0 Å². The highest BCUT2D eigenvalue weighted by Gasteiger charge is 2.33. The summed E-state index contributed by atoms with van der Waals surface area (Å²) >= 11 is 0. The Morgan fingerprint density at radius 2 is 1.80 bits per heavy atom. The standard InChI is InChI=1S/C17H14F3NO4/c18-17(19,20)25-14-8-4-7-13(9-14)23-11-15-10-21(16(22)24-15)12-5-2-1-3-6-12/h1-9,15H,10-11H2. The lowest BCUT2D eigenvalue weighted by atomic mass is 10.3. The molecule has 8 heteroatoms. The number of carbonyl (C=O) groups excluding carboxylic acids is 1. The molecule has 0 saturated carbocycles. The van der Waals surface area contributed by atoms with Crippen LogP contribution in [0.1, 0.15) is 0 Å². The fourth-order valence-corrected chi connectivity index (χ4v) is 2.38. The van der Waals surface area contributed by atoms with Gasteiger partial charge in [0, 0.05) is 11.8 Å². The summed E-state index contributed by atoms with van der Waals surface area (Å²) in [6.45, 7) is 0.312. The molecule has 1 amide bonds. The number of halogens is 3. The number of cyclic esters (lactones) is 1. The average molecular weight is 353 g/mol. The number of carbonyl (C=O) groups is 1. The van der Waals surface area contributed by atoms with E-state index in [9.17, 15) is 18.0 Å². The predicted molar refractivity (Wildman–Crippen MR) is 82.7 cm³/mol. The molecule has 3 rings (SSSR count). The third kappa shape index (κ3) is 4.56. The molecular weight excluding hydrogens is 339 g/mol. The molecule has 25 heavy (non-hydrogen) atoms. The van der Waals surface area contributed by atoms with E-state index in [2.05, 4.69) is 4.74 Å². The Balaban J connectivity index is 1.58. The van der Waals surface area contributed by atoms with Gasteiger partial charge in [-0.1, -0.05) is 24.3 Å². The Morgan fingerprint density at radius 3 is 2.52 bits per heavy atom. The van der Waals surface area contributed by atoms with Crippen LogP contribution in [-0.2, 0) is 4.74 Å². The van der Waals surface area contributed by atoms with Crippen LogP contribution in [0.5, 0.6) is 11.5 Å². The van der Waals surface area contributed by atoms with Crippen molar-refractivity contribution in [1.29, 1.82) is 0 Å². The fraction of sp³-hybridized carbons (Fsp3) is 0.235. The average Bonchev–Trinajstić information content (AvgIpc) is 2.93. The third-order valence-corrected chi connectivity index (χ3v) is 3.42. The number of hydrogen-bond donors (Lipinski definition) is 0. The number of hydrogen-bond acceptors (Lipinski definition) is 4. The van der Waals surface area contributed by atoms with Crippen molar-refractivity contribution in [2.24, 2.45) is 0 Å². The van der Waals surface area contributed by atoms with Crippen LogP contribution in [0.3, 0.4) is 0 Å². The summed E-state index contributed by atoms with van der Waals surface area (Å²) in [5.41, 5.74) is 0.704. The molecule has 0 bridgehead atoms. The van der Waals surface area contributed by atoms with Gasteiger partial charge in [0.1, 0.15) is 18.1 Å². The number of amides is 1. The minimum absolute atomic E-state index is 0.0184. The molecule has 2 aromatic carbocycles. The Hall–Kier alpha value is -2.90. The lowest BCUT2D eigenvalue weighted by Gasteiger charge is -2.13. The molecule has 1 heterocycles. The molecule has 5 nitrogen and oxygen atoms in total. The largest absolute Gasteiger partial charge is 0.573 e. The van der Waals surface area contributed by atoms with E-state index in [0.29, 0.717) is 12.2 Å². The summed E-state index contributed by atoms with van der Waals surface area (Å²) in [5, 5.41) is 0. The second kappa shape index (κ2) is 6.92. The minimum atomic E-state index is -4.77. The Bertz CT molecular complexity index is 736. The molecule has 0 aromatic heterocycles. The number of para-hydroxylation sites is 1. The van der Waals surface area contributed by atoms with Crippen LogP contribution in [0.4, 0.5) is 23.7 Å². The first-order valence-corrected chi connectivity index (χ1v) is 7.42. The fourth-order valence-electron chi connectivity index (χ4n) is 2.38. The summed E-state index contributed by atoms with van der Waals surface area (Å²) in [4.78, 5) is 13.4.